The van der Waals surface area contributed by atoms with Crippen LogP contribution >= 0.6 is 0 Å². The van der Waals surface area contributed by atoms with Gasteiger partial charge in [-0.15, -0.1) is 0 Å². The number of carbonyl (C=O) groups excluding carboxylic acids is 1. The molecule has 1 aliphatic heterocycles. The van der Waals surface area contributed by atoms with Crippen LogP contribution in [0.4, 0.5) is 17.6 Å². The zero-order valence-corrected chi connectivity index (χ0v) is 17.2. The third kappa shape index (κ3) is 4.52. The largest absolute Gasteiger partial charge is 0.483 e. The molecular formula is C23H20F4N2O3. The molecule has 32 heavy (non-hydrogen) atoms. The van der Waals surface area contributed by atoms with E-state index in [1.807, 2.05) is 0 Å². The molecule has 0 unspecified atom stereocenters. The zero-order chi connectivity index (χ0) is 22.9. The van der Waals surface area contributed by atoms with E-state index in [1.165, 1.54) is 29.2 Å². The van der Waals surface area contributed by atoms with Crippen molar-refractivity contribution in [1.82, 2.24) is 9.88 Å². The predicted octanol–water partition coefficient (Wildman–Crippen LogP) is 4.61. The molecule has 5 nitrogen and oxygen atoms in total. The first-order valence-corrected chi connectivity index (χ1v) is 10.00. The van der Waals surface area contributed by atoms with Crippen LogP contribution in [0.2, 0.25) is 0 Å². The average Bonchev–Trinajstić information content (AvgIpc) is 2.78. The van der Waals surface area contributed by atoms with E-state index in [0.717, 1.165) is 6.07 Å². The van der Waals surface area contributed by atoms with Gasteiger partial charge in [-0.2, -0.15) is 13.2 Å². The van der Waals surface area contributed by atoms with Gasteiger partial charge in [0.05, 0.1) is 35.4 Å². The van der Waals surface area contributed by atoms with E-state index in [-0.39, 0.29) is 28.3 Å². The molecule has 0 N–H and O–H groups in total. The number of fused-ring (bicyclic) bond motifs is 1. The summed E-state index contributed by atoms with van der Waals surface area (Å²) in [6, 6.07) is 9.38. The van der Waals surface area contributed by atoms with Crippen molar-refractivity contribution in [3.05, 3.63) is 59.4 Å². The normalized spacial score (nSPS) is 14.6. The van der Waals surface area contributed by atoms with Crippen LogP contribution in [0, 0.1) is 12.7 Å². The highest BCUT2D eigenvalue weighted by Gasteiger charge is 2.34. The minimum atomic E-state index is -4.65. The number of morpholine rings is 1. The number of hydrogen-bond acceptors (Lipinski definition) is 4. The van der Waals surface area contributed by atoms with Gasteiger partial charge in [0, 0.05) is 24.7 Å². The Morgan fingerprint density at radius 2 is 1.91 bits per heavy atom. The third-order valence-electron chi connectivity index (χ3n) is 5.29. The van der Waals surface area contributed by atoms with Gasteiger partial charge in [-0.3, -0.25) is 4.79 Å². The second-order valence-electron chi connectivity index (χ2n) is 7.45. The minimum absolute atomic E-state index is 0.0344. The molecule has 1 amide bonds. The van der Waals surface area contributed by atoms with Crippen LogP contribution in [0.3, 0.4) is 0 Å². The van der Waals surface area contributed by atoms with Gasteiger partial charge in [-0.1, -0.05) is 18.2 Å². The SMILES string of the molecule is Cc1ccc(-c2cc(OCC(=O)N3CCOCC3)c3c(C(F)(F)F)cccc3n2)cc1F. The number of rotatable bonds is 4. The van der Waals surface area contributed by atoms with E-state index in [2.05, 4.69) is 4.98 Å². The molecule has 0 radical (unpaired) electrons. The number of ether oxygens (including phenoxy) is 2. The van der Waals surface area contributed by atoms with Crippen molar-refractivity contribution in [3.8, 4) is 17.0 Å². The number of alkyl halides is 3. The van der Waals surface area contributed by atoms with E-state index < -0.39 is 24.2 Å². The third-order valence-corrected chi connectivity index (χ3v) is 5.29. The first-order valence-electron chi connectivity index (χ1n) is 10.00. The molecule has 9 heteroatoms. The number of pyridine rings is 1. The molecule has 3 aromatic rings. The van der Waals surface area contributed by atoms with Gasteiger partial charge in [0.2, 0.25) is 0 Å². The molecule has 168 valence electrons. The van der Waals surface area contributed by atoms with Crippen LogP contribution in [0.1, 0.15) is 11.1 Å². The summed E-state index contributed by atoms with van der Waals surface area (Å²) >= 11 is 0. The Bertz CT molecular complexity index is 1160. The molecule has 0 bridgehead atoms. The van der Waals surface area contributed by atoms with Gasteiger partial charge < -0.3 is 14.4 Å². The lowest BCUT2D eigenvalue weighted by Gasteiger charge is -2.27. The van der Waals surface area contributed by atoms with Crippen LogP contribution in [0.25, 0.3) is 22.2 Å². The molecule has 0 atom stereocenters. The Morgan fingerprint density at radius 1 is 1.16 bits per heavy atom. The van der Waals surface area contributed by atoms with E-state index >= 15 is 0 Å². The molecule has 1 aromatic heterocycles. The highest BCUT2D eigenvalue weighted by molar-refractivity contribution is 5.91. The smallest absolute Gasteiger partial charge is 0.417 e. The van der Waals surface area contributed by atoms with Crippen LogP contribution in [-0.2, 0) is 15.7 Å². The van der Waals surface area contributed by atoms with Gasteiger partial charge in [-0.05, 0) is 30.7 Å². The lowest BCUT2D eigenvalue weighted by atomic mass is 10.0. The number of carbonyl (C=O) groups is 1. The topological polar surface area (TPSA) is 51.7 Å². The van der Waals surface area contributed by atoms with Crippen molar-refractivity contribution in [2.24, 2.45) is 0 Å². The van der Waals surface area contributed by atoms with Crippen molar-refractivity contribution >= 4 is 16.8 Å². The molecular weight excluding hydrogens is 428 g/mol. The van der Waals surface area contributed by atoms with Crippen LogP contribution in [0.5, 0.6) is 5.75 Å². The van der Waals surface area contributed by atoms with Crippen LogP contribution in [0.15, 0.2) is 42.5 Å². The van der Waals surface area contributed by atoms with Crippen molar-refractivity contribution < 1.29 is 31.8 Å². The standard InChI is InChI=1S/C23H20F4N2O3/c1-14-5-6-15(11-17(14)24)19-12-20(32-13-21(30)29-7-9-31-10-8-29)22-16(23(25,26)27)3-2-4-18(22)28-19/h2-6,11-12H,7-10,13H2,1H3. The summed E-state index contributed by atoms with van der Waals surface area (Å²) in [7, 11) is 0. The first-order chi connectivity index (χ1) is 15.2. The Kier molecular flexibility index (Phi) is 6.01. The Morgan fingerprint density at radius 3 is 2.59 bits per heavy atom. The fourth-order valence-corrected chi connectivity index (χ4v) is 3.54. The number of benzene rings is 2. The van der Waals surface area contributed by atoms with E-state index in [4.69, 9.17) is 9.47 Å². The maximum Gasteiger partial charge on any atom is 0.417 e. The summed E-state index contributed by atoms with van der Waals surface area (Å²) in [5, 5.41) is -0.244. The second kappa shape index (κ2) is 8.74. The summed E-state index contributed by atoms with van der Waals surface area (Å²) in [6.07, 6.45) is -4.65. The number of aromatic nitrogens is 1. The maximum atomic E-state index is 14.1. The summed E-state index contributed by atoms with van der Waals surface area (Å²) in [5.41, 5.74) is 0.174. The van der Waals surface area contributed by atoms with Crippen molar-refractivity contribution in [2.75, 3.05) is 32.9 Å². The number of nitrogens with zero attached hydrogens (tertiary/aromatic N) is 2. The molecule has 1 aliphatic rings. The number of hydrogen-bond donors (Lipinski definition) is 0. The maximum absolute atomic E-state index is 14.1. The molecule has 2 aromatic carbocycles. The monoisotopic (exact) mass is 448 g/mol. The van der Waals surface area contributed by atoms with Crippen LogP contribution in [-0.4, -0.2) is 48.7 Å². The number of aryl methyl sites for hydroxylation is 1. The van der Waals surface area contributed by atoms with E-state index in [1.54, 1.807) is 19.1 Å². The summed E-state index contributed by atoms with van der Waals surface area (Å²) in [6.45, 7) is 2.74. The molecule has 2 heterocycles. The van der Waals surface area contributed by atoms with Gasteiger partial charge >= 0.3 is 6.18 Å². The predicted molar refractivity (Wildman–Crippen MR) is 110 cm³/mol. The average molecular weight is 448 g/mol. The van der Waals surface area contributed by atoms with Gasteiger partial charge in [0.25, 0.3) is 5.91 Å². The summed E-state index contributed by atoms with van der Waals surface area (Å²) in [4.78, 5) is 18.3. The first kappa shape index (κ1) is 22.0. The molecule has 0 saturated carbocycles. The van der Waals surface area contributed by atoms with Crippen LogP contribution < -0.4 is 4.74 Å². The second-order valence-corrected chi connectivity index (χ2v) is 7.45. The fraction of sp³-hybridized carbons (Fsp3) is 0.304. The Labute approximate surface area is 181 Å². The zero-order valence-electron chi connectivity index (χ0n) is 17.2. The fourth-order valence-electron chi connectivity index (χ4n) is 3.54. The van der Waals surface area contributed by atoms with Crippen molar-refractivity contribution in [3.63, 3.8) is 0 Å². The molecule has 4 rings (SSSR count). The minimum Gasteiger partial charge on any atom is -0.483 e. The quantitative estimate of drug-likeness (QED) is 0.548. The van der Waals surface area contributed by atoms with Crippen molar-refractivity contribution in [2.45, 2.75) is 13.1 Å². The summed E-state index contributed by atoms with van der Waals surface area (Å²) in [5.74, 6) is -0.954. The molecule has 1 saturated heterocycles. The molecule has 0 aliphatic carbocycles. The van der Waals surface area contributed by atoms with E-state index in [0.29, 0.717) is 37.4 Å². The van der Waals surface area contributed by atoms with E-state index in [9.17, 15) is 22.4 Å². The number of halogens is 4. The Balaban J connectivity index is 1.77. The lowest BCUT2D eigenvalue weighted by molar-refractivity contribution is -0.137. The number of amides is 1. The highest BCUT2D eigenvalue weighted by atomic mass is 19.4. The van der Waals surface area contributed by atoms with Gasteiger partial charge in [0.1, 0.15) is 11.6 Å². The molecule has 1 fully saturated rings. The molecule has 0 spiro atoms. The Hall–Kier alpha value is -3.20. The highest BCUT2D eigenvalue weighted by Crippen LogP contribution is 2.40. The summed E-state index contributed by atoms with van der Waals surface area (Å²) < 4.78 is 66.0. The lowest BCUT2D eigenvalue weighted by Crippen LogP contribution is -2.43. The van der Waals surface area contributed by atoms with Gasteiger partial charge in [0.15, 0.2) is 6.61 Å². The van der Waals surface area contributed by atoms with Crippen molar-refractivity contribution in [1.29, 1.82) is 0 Å². The van der Waals surface area contributed by atoms with Gasteiger partial charge in [-0.25, -0.2) is 9.37 Å².